The van der Waals surface area contributed by atoms with E-state index in [2.05, 4.69) is 12.2 Å². The molecule has 0 spiro atoms. The summed E-state index contributed by atoms with van der Waals surface area (Å²) in [5.74, 6) is 0.182. The lowest BCUT2D eigenvalue weighted by atomic mass is 9.72. The minimum Gasteiger partial charge on any atom is -0.461 e. The average molecular weight is 466 g/mol. The minimum absolute atomic E-state index is 0.0220. The van der Waals surface area contributed by atoms with E-state index in [0.29, 0.717) is 47.6 Å². The first kappa shape index (κ1) is 23.3. The number of esters is 1. The Morgan fingerprint density at radius 3 is 2.61 bits per heavy atom. The molecule has 1 heterocycles. The molecule has 0 radical (unpaired) electrons. The molecule has 0 fully saturated rings. The Balaban J connectivity index is 1.72. The van der Waals surface area contributed by atoms with Crippen LogP contribution in [-0.4, -0.2) is 29.9 Å². The van der Waals surface area contributed by atoms with Gasteiger partial charge in [0.25, 0.3) is 0 Å². The summed E-state index contributed by atoms with van der Waals surface area (Å²) in [6.07, 6.45) is 1.01. The Labute approximate surface area is 198 Å². The van der Waals surface area contributed by atoms with E-state index in [-0.39, 0.29) is 11.7 Å². The molecule has 1 aliphatic carbocycles. The Morgan fingerprint density at radius 1 is 1.12 bits per heavy atom. The van der Waals surface area contributed by atoms with E-state index in [4.69, 9.17) is 4.74 Å². The molecule has 2 aromatic carbocycles. The normalized spacial score (nSPS) is 20.4. The summed E-state index contributed by atoms with van der Waals surface area (Å²) in [5, 5.41) is 3.33. The van der Waals surface area contributed by atoms with Crippen LogP contribution in [0.25, 0.3) is 0 Å². The molecule has 4 rings (SSSR count). The predicted octanol–water partition coefficient (Wildman–Crippen LogP) is 5.48. The molecule has 2 aromatic rings. The molecule has 2 aliphatic rings. The van der Waals surface area contributed by atoms with E-state index in [1.54, 1.807) is 23.9 Å². The number of Topliss-reactive ketones (excluding diaryl/α,β-unsaturated/α-hetero) is 1. The number of benzene rings is 2. The van der Waals surface area contributed by atoms with Gasteiger partial charge in [-0.15, -0.1) is 0 Å². The van der Waals surface area contributed by atoms with Crippen molar-refractivity contribution >= 4 is 23.5 Å². The summed E-state index contributed by atoms with van der Waals surface area (Å²) in [7, 11) is 0. The van der Waals surface area contributed by atoms with Crippen molar-refractivity contribution in [2.45, 2.75) is 38.5 Å². The lowest BCUT2D eigenvalue weighted by molar-refractivity contribution is -0.138. The van der Waals surface area contributed by atoms with Gasteiger partial charge in [0.05, 0.1) is 5.57 Å². The zero-order valence-electron chi connectivity index (χ0n) is 18.9. The molecule has 172 valence electrons. The summed E-state index contributed by atoms with van der Waals surface area (Å²) < 4.78 is 19.7. The Morgan fingerprint density at radius 2 is 1.88 bits per heavy atom. The zero-order valence-corrected chi connectivity index (χ0v) is 19.7. The minimum atomic E-state index is -0.646. The van der Waals surface area contributed by atoms with Gasteiger partial charge < -0.3 is 10.1 Å². The number of ketones is 1. The van der Waals surface area contributed by atoms with E-state index in [9.17, 15) is 14.0 Å². The molecular formula is C27H28FNO3S. The highest BCUT2D eigenvalue weighted by molar-refractivity contribution is 7.99. The molecule has 0 saturated heterocycles. The van der Waals surface area contributed by atoms with Gasteiger partial charge in [-0.3, -0.25) is 4.79 Å². The quantitative estimate of drug-likeness (QED) is 0.433. The summed E-state index contributed by atoms with van der Waals surface area (Å²) in [6.45, 7) is 4.17. The summed E-state index contributed by atoms with van der Waals surface area (Å²) >= 11 is 1.69. The van der Waals surface area contributed by atoms with Crippen molar-refractivity contribution in [3.63, 3.8) is 0 Å². The van der Waals surface area contributed by atoms with Gasteiger partial charge in [0.15, 0.2) is 5.78 Å². The van der Waals surface area contributed by atoms with Gasteiger partial charge in [-0.1, -0.05) is 49.4 Å². The first-order valence-electron chi connectivity index (χ1n) is 11.3. The van der Waals surface area contributed by atoms with E-state index >= 15 is 0 Å². The van der Waals surface area contributed by atoms with Crippen LogP contribution in [-0.2, 0) is 14.3 Å². The molecule has 0 amide bonds. The number of hydrogen-bond acceptors (Lipinski definition) is 5. The van der Waals surface area contributed by atoms with Crippen LogP contribution in [0.5, 0.6) is 0 Å². The fourth-order valence-electron chi connectivity index (χ4n) is 4.71. The van der Waals surface area contributed by atoms with Crippen molar-refractivity contribution in [2.75, 3.05) is 18.1 Å². The molecule has 1 aliphatic heterocycles. The number of carbonyl (C=O) groups is 2. The molecule has 0 unspecified atom stereocenters. The Kier molecular flexibility index (Phi) is 7.33. The highest BCUT2D eigenvalue weighted by Crippen LogP contribution is 2.45. The van der Waals surface area contributed by atoms with E-state index in [0.717, 1.165) is 17.0 Å². The Hall–Kier alpha value is -2.86. The largest absolute Gasteiger partial charge is 0.461 e. The number of ether oxygens (including phenoxy) is 1. The van der Waals surface area contributed by atoms with Crippen LogP contribution >= 0.6 is 11.8 Å². The van der Waals surface area contributed by atoms with Gasteiger partial charge >= 0.3 is 5.97 Å². The van der Waals surface area contributed by atoms with Crippen LogP contribution in [0.3, 0.4) is 0 Å². The SMILES string of the molecule is CCSCCOC(=O)C1=C(C)NC2=C(C(=O)C[C@@H](c3ccccc3)C2)[C@H]1c1cccc(F)c1. The van der Waals surface area contributed by atoms with Gasteiger partial charge in [-0.05, 0) is 48.3 Å². The monoisotopic (exact) mass is 465 g/mol. The van der Waals surface area contributed by atoms with Crippen molar-refractivity contribution in [3.05, 3.63) is 94.1 Å². The molecule has 2 atom stereocenters. The molecule has 1 N–H and O–H groups in total. The second-order valence-corrected chi connectivity index (χ2v) is 9.71. The van der Waals surface area contributed by atoms with Crippen molar-refractivity contribution in [1.82, 2.24) is 5.32 Å². The summed E-state index contributed by atoms with van der Waals surface area (Å²) in [5.41, 5.74) is 4.09. The number of dihydropyridines is 1. The molecule has 33 heavy (non-hydrogen) atoms. The van der Waals surface area contributed by atoms with E-state index in [1.165, 1.54) is 12.1 Å². The highest BCUT2D eigenvalue weighted by atomic mass is 32.2. The summed E-state index contributed by atoms with van der Waals surface area (Å²) in [6, 6.07) is 16.1. The maximum atomic E-state index is 14.2. The van der Waals surface area contributed by atoms with Gasteiger partial charge in [-0.2, -0.15) is 11.8 Å². The van der Waals surface area contributed by atoms with Crippen LogP contribution in [0.4, 0.5) is 4.39 Å². The number of halogens is 1. The number of hydrogen-bond donors (Lipinski definition) is 1. The van der Waals surface area contributed by atoms with Crippen LogP contribution in [0.1, 0.15) is 49.7 Å². The fourth-order valence-corrected chi connectivity index (χ4v) is 5.20. The van der Waals surface area contributed by atoms with Gasteiger partial charge in [-0.25, -0.2) is 9.18 Å². The molecule has 4 nitrogen and oxygen atoms in total. The average Bonchev–Trinajstić information content (AvgIpc) is 2.81. The first-order chi connectivity index (χ1) is 16.0. The van der Waals surface area contributed by atoms with E-state index in [1.807, 2.05) is 37.3 Å². The molecular weight excluding hydrogens is 437 g/mol. The number of allylic oxidation sites excluding steroid dienone is 3. The van der Waals surface area contributed by atoms with Crippen molar-refractivity contribution in [1.29, 1.82) is 0 Å². The highest BCUT2D eigenvalue weighted by Gasteiger charge is 2.41. The topological polar surface area (TPSA) is 55.4 Å². The third kappa shape index (κ3) is 5.06. The third-order valence-electron chi connectivity index (χ3n) is 6.17. The Bertz CT molecular complexity index is 1110. The number of nitrogens with one attached hydrogen (secondary N) is 1. The number of rotatable bonds is 7. The first-order valence-corrected chi connectivity index (χ1v) is 12.4. The maximum absolute atomic E-state index is 14.2. The molecule has 0 saturated carbocycles. The van der Waals surface area contributed by atoms with Crippen LogP contribution in [0.15, 0.2) is 77.1 Å². The summed E-state index contributed by atoms with van der Waals surface area (Å²) in [4.78, 5) is 26.6. The standard InChI is InChI=1S/C27H28FNO3S/c1-3-33-13-12-32-27(31)24-17(2)29-22-15-20(18-8-5-4-6-9-18)16-23(30)26(22)25(24)19-10-7-11-21(28)14-19/h4-11,14,20,25,29H,3,12-13,15-16H2,1-2H3/t20-,25-/m0/s1. The number of thioether (sulfide) groups is 1. The molecule has 6 heteroatoms. The molecule has 0 aromatic heterocycles. The van der Waals surface area contributed by atoms with Gasteiger partial charge in [0.2, 0.25) is 0 Å². The zero-order chi connectivity index (χ0) is 23.4. The van der Waals surface area contributed by atoms with Crippen LogP contribution < -0.4 is 5.32 Å². The predicted molar refractivity (Wildman–Crippen MR) is 129 cm³/mol. The second kappa shape index (κ2) is 10.4. The number of carbonyl (C=O) groups excluding carboxylic acids is 2. The van der Waals surface area contributed by atoms with Crippen molar-refractivity contribution in [2.24, 2.45) is 0 Å². The second-order valence-electron chi connectivity index (χ2n) is 8.32. The van der Waals surface area contributed by atoms with Gasteiger partial charge in [0.1, 0.15) is 12.4 Å². The lowest BCUT2D eigenvalue weighted by Crippen LogP contribution is -2.36. The maximum Gasteiger partial charge on any atom is 0.336 e. The van der Waals surface area contributed by atoms with Crippen LogP contribution in [0, 0.1) is 5.82 Å². The van der Waals surface area contributed by atoms with E-state index < -0.39 is 17.7 Å². The van der Waals surface area contributed by atoms with Crippen LogP contribution in [0.2, 0.25) is 0 Å². The van der Waals surface area contributed by atoms with Crippen molar-refractivity contribution < 1.29 is 18.7 Å². The van der Waals surface area contributed by atoms with Crippen molar-refractivity contribution in [3.8, 4) is 0 Å². The molecule has 0 bridgehead atoms. The van der Waals surface area contributed by atoms with Gasteiger partial charge in [0, 0.05) is 35.1 Å². The smallest absolute Gasteiger partial charge is 0.336 e. The lowest BCUT2D eigenvalue weighted by Gasteiger charge is -2.36. The third-order valence-corrected chi connectivity index (χ3v) is 7.03. The fraction of sp³-hybridized carbons (Fsp3) is 0.333.